The zero-order valence-electron chi connectivity index (χ0n) is 13.1. The maximum absolute atomic E-state index is 12.6. The summed E-state index contributed by atoms with van der Waals surface area (Å²) in [6, 6.07) is 11.3. The number of benzene rings is 1. The van der Waals surface area contributed by atoms with Gasteiger partial charge < -0.3 is 10.1 Å². The van der Waals surface area contributed by atoms with Gasteiger partial charge in [0.05, 0.1) is 23.2 Å². The van der Waals surface area contributed by atoms with Gasteiger partial charge in [-0.25, -0.2) is 0 Å². The molecule has 0 aliphatic rings. The molecule has 0 aliphatic carbocycles. The maximum atomic E-state index is 12.6. The smallest absolute Gasteiger partial charge is 0.305 e. The second-order valence-corrected chi connectivity index (χ2v) is 6.10. The highest BCUT2D eigenvalue weighted by atomic mass is 32.1. The Kier molecular flexibility index (Phi) is 4.86. The lowest BCUT2D eigenvalue weighted by atomic mass is 10.1. The van der Waals surface area contributed by atoms with E-state index in [0.29, 0.717) is 17.0 Å². The number of carbonyl (C=O) groups excluding carboxylic acids is 2. The number of pyridine rings is 1. The van der Waals surface area contributed by atoms with Crippen molar-refractivity contribution in [3.8, 4) is 0 Å². The van der Waals surface area contributed by atoms with Crippen molar-refractivity contribution >= 4 is 39.8 Å². The van der Waals surface area contributed by atoms with Gasteiger partial charge >= 0.3 is 5.97 Å². The molecule has 0 aliphatic heterocycles. The van der Waals surface area contributed by atoms with Gasteiger partial charge in [0.1, 0.15) is 0 Å². The fraction of sp³-hybridized carbons (Fsp3) is 0.167. The monoisotopic (exact) mass is 340 g/mol. The Morgan fingerprint density at radius 3 is 2.88 bits per heavy atom. The molecule has 0 bridgehead atoms. The molecule has 0 unspecified atom stereocenters. The largest absolute Gasteiger partial charge is 0.469 e. The molecule has 24 heavy (non-hydrogen) atoms. The van der Waals surface area contributed by atoms with E-state index in [1.54, 1.807) is 6.20 Å². The fourth-order valence-corrected chi connectivity index (χ4v) is 3.30. The van der Waals surface area contributed by atoms with Gasteiger partial charge in [0.25, 0.3) is 5.91 Å². The van der Waals surface area contributed by atoms with E-state index in [1.807, 2.05) is 41.8 Å². The van der Waals surface area contributed by atoms with Gasteiger partial charge in [0, 0.05) is 18.0 Å². The molecule has 6 heteroatoms. The van der Waals surface area contributed by atoms with Crippen LogP contribution in [0.2, 0.25) is 0 Å². The minimum absolute atomic E-state index is 0.192. The van der Waals surface area contributed by atoms with Gasteiger partial charge in [-0.1, -0.05) is 18.2 Å². The number of hydrogen-bond donors (Lipinski definition) is 1. The molecule has 3 rings (SSSR count). The summed E-state index contributed by atoms with van der Waals surface area (Å²) in [6.07, 6.45) is 2.43. The van der Waals surface area contributed by atoms with Gasteiger partial charge in [-0.15, -0.1) is 11.3 Å². The lowest BCUT2D eigenvalue weighted by molar-refractivity contribution is -0.140. The molecule has 1 aromatic carbocycles. The molecule has 2 heterocycles. The van der Waals surface area contributed by atoms with Crippen molar-refractivity contribution in [1.82, 2.24) is 4.98 Å². The number of fused-ring (bicyclic) bond motifs is 1. The zero-order chi connectivity index (χ0) is 16.9. The molecular weight excluding hydrogens is 324 g/mol. The molecule has 0 fully saturated rings. The summed E-state index contributed by atoms with van der Waals surface area (Å²) in [7, 11) is 1.36. The molecule has 1 N–H and O–H groups in total. The van der Waals surface area contributed by atoms with E-state index in [4.69, 9.17) is 0 Å². The van der Waals surface area contributed by atoms with E-state index in [-0.39, 0.29) is 18.3 Å². The number of nitrogens with zero attached hydrogens (tertiary/aromatic N) is 1. The van der Waals surface area contributed by atoms with Crippen LogP contribution in [-0.4, -0.2) is 24.0 Å². The Balaban J connectivity index is 1.80. The number of hydrogen-bond acceptors (Lipinski definition) is 5. The molecule has 2 aromatic heterocycles. The number of anilines is 1. The van der Waals surface area contributed by atoms with E-state index in [2.05, 4.69) is 15.0 Å². The first kappa shape index (κ1) is 16.1. The Bertz CT molecular complexity index is 883. The molecule has 1 amide bonds. The van der Waals surface area contributed by atoms with Crippen LogP contribution in [0.5, 0.6) is 0 Å². The number of carbonyl (C=O) groups is 2. The first-order valence-corrected chi connectivity index (χ1v) is 8.35. The first-order chi connectivity index (χ1) is 11.7. The van der Waals surface area contributed by atoms with E-state index in [1.165, 1.54) is 18.4 Å². The third-order valence-electron chi connectivity index (χ3n) is 3.66. The number of thiophene rings is 1. The average Bonchev–Trinajstić information content (AvgIpc) is 3.08. The van der Waals surface area contributed by atoms with Crippen LogP contribution in [0.4, 0.5) is 5.69 Å². The molecule has 5 nitrogen and oxygen atoms in total. The lowest BCUT2D eigenvalue weighted by Crippen LogP contribution is -2.13. The van der Waals surface area contributed by atoms with Crippen LogP contribution in [-0.2, 0) is 16.0 Å². The second-order valence-electron chi connectivity index (χ2n) is 5.19. The van der Waals surface area contributed by atoms with Gasteiger partial charge in [-0.05, 0) is 35.6 Å². The average molecular weight is 340 g/mol. The maximum Gasteiger partial charge on any atom is 0.305 e. The van der Waals surface area contributed by atoms with Crippen LogP contribution in [0, 0.1) is 0 Å². The Labute approximate surface area is 143 Å². The highest BCUT2D eigenvalue weighted by molar-refractivity contribution is 7.12. The summed E-state index contributed by atoms with van der Waals surface area (Å²) >= 11 is 1.36. The first-order valence-electron chi connectivity index (χ1n) is 7.47. The minimum Gasteiger partial charge on any atom is -0.469 e. The molecule has 0 saturated heterocycles. The summed E-state index contributed by atoms with van der Waals surface area (Å²) in [5, 5.41) is 5.74. The van der Waals surface area contributed by atoms with Gasteiger partial charge in [0.2, 0.25) is 0 Å². The number of esters is 1. The summed E-state index contributed by atoms with van der Waals surface area (Å²) in [5.41, 5.74) is 2.27. The van der Waals surface area contributed by atoms with Gasteiger partial charge in [-0.3, -0.25) is 14.6 Å². The number of nitrogens with one attached hydrogen (secondary N) is 1. The highest BCUT2D eigenvalue weighted by Gasteiger charge is 2.15. The zero-order valence-corrected chi connectivity index (χ0v) is 13.9. The standard InChI is InChI=1S/C18H16N2O3S/c1-23-15(21)8-7-13-9-11-24-17(13)18(22)20-14-6-2-4-12-5-3-10-19-16(12)14/h2-6,9-11H,7-8H2,1H3,(H,20,22). The number of rotatable bonds is 5. The highest BCUT2D eigenvalue weighted by Crippen LogP contribution is 2.24. The number of aryl methyl sites for hydroxylation is 1. The number of para-hydroxylation sites is 1. The number of amides is 1. The Morgan fingerprint density at radius 2 is 2.04 bits per heavy atom. The minimum atomic E-state index is -0.286. The van der Waals surface area contributed by atoms with E-state index in [9.17, 15) is 9.59 Å². The summed E-state index contributed by atoms with van der Waals surface area (Å²) in [5.74, 6) is -0.478. The number of methoxy groups -OCH3 is 1. The summed E-state index contributed by atoms with van der Waals surface area (Å²) < 4.78 is 4.65. The van der Waals surface area contributed by atoms with Crippen LogP contribution in [0.1, 0.15) is 21.7 Å². The van der Waals surface area contributed by atoms with Crippen LogP contribution in [0.3, 0.4) is 0 Å². The molecular formula is C18H16N2O3S. The van der Waals surface area contributed by atoms with E-state index in [0.717, 1.165) is 16.5 Å². The van der Waals surface area contributed by atoms with Crippen molar-refractivity contribution in [2.45, 2.75) is 12.8 Å². The van der Waals surface area contributed by atoms with Gasteiger partial charge in [-0.2, -0.15) is 0 Å². The Morgan fingerprint density at radius 1 is 1.21 bits per heavy atom. The topological polar surface area (TPSA) is 68.3 Å². The van der Waals surface area contributed by atoms with E-state index < -0.39 is 0 Å². The van der Waals surface area contributed by atoms with Crippen molar-refractivity contribution in [1.29, 1.82) is 0 Å². The Hall–Kier alpha value is -2.73. The predicted molar refractivity (Wildman–Crippen MR) is 94.4 cm³/mol. The van der Waals surface area contributed by atoms with Crippen molar-refractivity contribution in [3.05, 3.63) is 58.4 Å². The molecule has 122 valence electrons. The third-order valence-corrected chi connectivity index (χ3v) is 4.62. The van der Waals surface area contributed by atoms with Crippen molar-refractivity contribution in [2.75, 3.05) is 12.4 Å². The van der Waals surface area contributed by atoms with E-state index >= 15 is 0 Å². The molecule has 3 aromatic rings. The SMILES string of the molecule is COC(=O)CCc1ccsc1C(=O)Nc1cccc2cccnc12. The summed E-state index contributed by atoms with van der Waals surface area (Å²) in [4.78, 5) is 28.8. The van der Waals surface area contributed by atoms with Crippen molar-refractivity contribution < 1.29 is 14.3 Å². The van der Waals surface area contributed by atoms with Gasteiger partial charge in [0.15, 0.2) is 0 Å². The fourth-order valence-electron chi connectivity index (χ4n) is 2.45. The number of aromatic nitrogens is 1. The normalized spacial score (nSPS) is 10.5. The molecule has 0 spiro atoms. The van der Waals surface area contributed by atoms with Crippen LogP contribution in [0.15, 0.2) is 48.0 Å². The van der Waals surface area contributed by atoms with Crippen molar-refractivity contribution in [2.24, 2.45) is 0 Å². The van der Waals surface area contributed by atoms with Crippen LogP contribution in [0.25, 0.3) is 10.9 Å². The molecule has 0 radical (unpaired) electrons. The van der Waals surface area contributed by atoms with Crippen LogP contribution >= 0.6 is 11.3 Å². The summed E-state index contributed by atoms with van der Waals surface area (Å²) in [6.45, 7) is 0. The predicted octanol–water partition coefficient (Wildman–Crippen LogP) is 3.65. The van der Waals surface area contributed by atoms with Crippen LogP contribution < -0.4 is 5.32 Å². The lowest BCUT2D eigenvalue weighted by Gasteiger charge is -2.08. The number of ether oxygens (including phenoxy) is 1. The molecule has 0 saturated carbocycles. The van der Waals surface area contributed by atoms with Crippen molar-refractivity contribution in [3.63, 3.8) is 0 Å². The quantitative estimate of drug-likeness (QED) is 0.720. The third kappa shape index (κ3) is 3.44. The molecule has 0 atom stereocenters. The second kappa shape index (κ2) is 7.23.